The van der Waals surface area contributed by atoms with Crippen LogP contribution in [0.5, 0.6) is 5.75 Å². The van der Waals surface area contributed by atoms with Gasteiger partial charge in [-0.05, 0) is 48.7 Å². The van der Waals surface area contributed by atoms with E-state index in [0.717, 1.165) is 0 Å². The van der Waals surface area contributed by atoms with Gasteiger partial charge in [0.25, 0.3) is 0 Å². The normalized spacial score (nSPS) is 11.3. The van der Waals surface area contributed by atoms with Gasteiger partial charge in [0.05, 0.1) is 12.0 Å². The maximum atomic E-state index is 12.9. The van der Waals surface area contributed by atoms with E-state index in [0.29, 0.717) is 22.0 Å². The van der Waals surface area contributed by atoms with Crippen LogP contribution >= 0.6 is 11.8 Å². The molecule has 3 rings (SSSR count). The lowest BCUT2D eigenvalue weighted by atomic mass is 10.1. The lowest BCUT2D eigenvalue weighted by molar-refractivity contribution is 0.415. The minimum absolute atomic E-state index is 0.0554. The molecule has 26 heavy (non-hydrogen) atoms. The molecule has 0 bridgehead atoms. The zero-order valence-electron chi connectivity index (χ0n) is 14.1. The number of benzene rings is 2. The lowest BCUT2D eigenvalue weighted by Crippen LogP contribution is -2.16. The number of hydrogen-bond acceptors (Lipinski definition) is 6. The van der Waals surface area contributed by atoms with Gasteiger partial charge in [0.2, 0.25) is 9.84 Å². The van der Waals surface area contributed by atoms with Gasteiger partial charge in [-0.3, -0.25) is 0 Å². The first kappa shape index (κ1) is 18.3. The molecule has 0 aliphatic carbocycles. The molecule has 0 aliphatic rings. The van der Waals surface area contributed by atoms with Crippen LogP contribution in [0.15, 0.2) is 84.6 Å². The van der Waals surface area contributed by atoms with Gasteiger partial charge in [-0.2, -0.15) is 0 Å². The van der Waals surface area contributed by atoms with Crippen LogP contribution in [0, 0.1) is 0 Å². The van der Waals surface area contributed by atoms with E-state index >= 15 is 0 Å². The van der Waals surface area contributed by atoms with E-state index in [4.69, 9.17) is 9.15 Å². The van der Waals surface area contributed by atoms with Crippen molar-refractivity contribution in [2.45, 2.75) is 14.7 Å². The number of methoxy groups -OCH3 is 1. The Bertz CT molecular complexity index is 1070. The van der Waals surface area contributed by atoms with Gasteiger partial charge < -0.3 is 9.15 Å². The summed E-state index contributed by atoms with van der Waals surface area (Å²) in [7, 11) is -2.41. The molecule has 0 radical (unpaired) electrons. The molecule has 0 N–H and O–H groups in total. The SMILES string of the molecule is COc1ccc(-c2cc(SC)c(S(=O)(=O)c3ccccc3)c(=O)o2)cc1. The van der Waals surface area contributed by atoms with Crippen molar-refractivity contribution in [2.75, 3.05) is 13.4 Å². The van der Waals surface area contributed by atoms with Gasteiger partial charge >= 0.3 is 5.63 Å². The molecule has 0 spiro atoms. The number of hydrogen-bond donors (Lipinski definition) is 0. The van der Waals surface area contributed by atoms with E-state index in [-0.39, 0.29) is 9.79 Å². The molecule has 0 fully saturated rings. The van der Waals surface area contributed by atoms with Crippen molar-refractivity contribution in [1.82, 2.24) is 0 Å². The van der Waals surface area contributed by atoms with Crippen molar-refractivity contribution in [3.05, 3.63) is 71.1 Å². The highest BCUT2D eigenvalue weighted by atomic mass is 32.2. The largest absolute Gasteiger partial charge is 0.497 e. The standard InChI is InChI=1S/C19H16O5S2/c1-23-14-10-8-13(9-11-14)16-12-17(25-2)18(19(20)24-16)26(21,22)15-6-4-3-5-7-15/h3-12H,1-2H3. The molecule has 0 saturated heterocycles. The van der Waals surface area contributed by atoms with Crippen LogP contribution in [0.4, 0.5) is 0 Å². The number of ether oxygens (including phenoxy) is 1. The molecule has 0 unspecified atom stereocenters. The van der Waals surface area contributed by atoms with Crippen LogP contribution in [0.2, 0.25) is 0 Å². The van der Waals surface area contributed by atoms with Crippen LogP contribution in [0.25, 0.3) is 11.3 Å². The maximum Gasteiger partial charge on any atom is 0.356 e. The lowest BCUT2D eigenvalue weighted by Gasteiger charge is -2.10. The highest BCUT2D eigenvalue weighted by Crippen LogP contribution is 2.31. The summed E-state index contributed by atoms with van der Waals surface area (Å²) in [5.74, 6) is 0.971. The molecular weight excluding hydrogens is 372 g/mol. The minimum Gasteiger partial charge on any atom is -0.497 e. The molecule has 1 heterocycles. The Hall–Kier alpha value is -2.51. The summed E-state index contributed by atoms with van der Waals surface area (Å²) in [6.07, 6.45) is 1.72. The fourth-order valence-corrected chi connectivity index (χ4v) is 4.88. The molecule has 7 heteroatoms. The van der Waals surface area contributed by atoms with Gasteiger partial charge in [-0.1, -0.05) is 18.2 Å². The second kappa shape index (κ2) is 7.39. The van der Waals surface area contributed by atoms with Gasteiger partial charge in [0.1, 0.15) is 11.5 Å². The van der Waals surface area contributed by atoms with Crippen LogP contribution in [0.1, 0.15) is 0 Å². The van der Waals surface area contributed by atoms with E-state index in [1.165, 1.54) is 23.9 Å². The second-order valence-electron chi connectivity index (χ2n) is 5.34. The van der Waals surface area contributed by atoms with Crippen LogP contribution in [0.3, 0.4) is 0 Å². The van der Waals surface area contributed by atoms with Crippen molar-refractivity contribution >= 4 is 21.6 Å². The number of thioether (sulfide) groups is 1. The molecule has 0 atom stereocenters. The molecule has 0 saturated carbocycles. The summed E-state index contributed by atoms with van der Waals surface area (Å²) in [4.78, 5) is 12.6. The van der Waals surface area contributed by atoms with E-state index in [2.05, 4.69) is 0 Å². The second-order valence-corrected chi connectivity index (χ2v) is 8.08. The number of rotatable bonds is 5. The average Bonchev–Trinajstić information content (AvgIpc) is 2.67. The van der Waals surface area contributed by atoms with Gasteiger partial charge in [-0.15, -0.1) is 11.8 Å². The number of sulfone groups is 1. The van der Waals surface area contributed by atoms with Gasteiger partial charge in [0, 0.05) is 10.5 Å². The van der Waals surface area contributed by atoms with E-state index < -0.39 is 15.5 Å². The zero-order valence-corrected chi connectivity index (χ0v) is 15.8. The van der Waals surface area contributed by atoms with Gasteiger partial charge in [0.15, 0.2) is 4.90 Å². The summed E-state index contributed by atoms with van der Waals surface area (Å²) in [5, 5.41) is 0. The Morgan fingerprint density at radius 2 is 1.65 bits per heavy atom. The van der Waals surface area contributed by atoms with Crippen LogP contribution in [-0.4, -0.2) is 21.8 Å². The van der Waals surface area contributed by atoms with Crippen molar-refractivity contribution in [3.63, 3.8) is 0 Å². The summed E-state index contributed by atoms with van der Waals surface area (Å²) >= 11 is 1.18. The third kappa shape index (κ3) is 3.40. The fourth-order valence-electron chi connectivity index (χ4n) is 2.47. The van der Waals surface area contributed by atoms with E-state index in [1.54, 1.807) is 61.9 Å². The third-order valence-corrected chi connectivity index (χ3v) is 6.50. The molecule has 0 aliphatic heterocycles. The molecule has 134 valence electrons. The third-order valence-electron chi connectivity index (χ3n) is 3.79. The van der Waals surface area contributed by atoms with Crippen LogP contribution < -0.4 is 10.4 Å². The molecule has 0 amide bonds. The first-order chi connectivity index (χ1) is 12.5. The first-order valence-electron chi connectivity index (χ1n) is 7.64. The summed E-state index contributed by atoms with van der Waals surface area (Å²) in [6, 6.07) is 16.4. The topological polar surface area (TPSA) is 73.6 Å². The van der Waals surface area contributed by atoms with Crippen LogP contribution in [-0.2, 0) is 9.84 Å². The predicted molar refractivity (Wildman–Crippen MR) is 101 cm³/mol. The summed E-state index contributed by atoms with van der Waals surface area (Å²) in [5.41, 5.74) is -0.228. The smallest absolute Gasteiger partial charge is 0.356 e. The van der Waals surface area contributed by atoms with E-state index in [1.807, 2.05) is 0 Å². The Morgan fingerprint density at radius 3 is 2.23 bits per heavy atom. The Kier molecular flexibility index (Phi) is 5.20. The Morgan fingerprint density at radius 1 is 1.00 bits per heavy atom. The monoisotopic (exact) mass is 388 g/mol. The van der Waals surface area contributed by atoms with Crippen molar-refractivity contribution in [1.29, 1.82) is 0 Å². The van der Waals surface area contributed by atoms with Crippen molar-refractivity contribution in [3.8, 4) is 17.1 Å². The highest BCUT2D eigenvalue weighted by molar-refractivity contribution is 7.99. The van der Waals surface area contributed by atoms with Gasteiger partial charge in [-0.25, -0.2) is 13.2 Å². The first-order valence-corrected chi connectivity index (χ1v) is 10.3. The summed E-state index contributed by atoms with van der Waals surface area (Å²) in [6.45, 7) is 0. The Balaban J connectivity index is 2.16. The quantitative estimate of drug-likeness (QED) is 0.618. The molecular formula is C19H16O5S2. The highest BCUT2D eigenvalue weighted by Gasteiger charge is 2.27. The maximum absolute atomic E-state index is 12.9. The summed E-state index contributed by atoms with van der Waals surface area (Å²) < 4.78 is 36.2. The van der Waals surface area contributed by atoms with Crippen molar-refractivity contribution in [2.24, 2.45) is 0 Å². The minimum atomic E-state index is -3.97. The molecule has 2 aromatic carbocycles. The van der Waals surface area contributed by atoms with Crippen molar-refractivity contribution < 1.29 is 17.6 Å². The van der Waals surface area contributed by atoms with E-state index in [9.17, 15) is 13.2 Å². The molecule has 5 nitrogen and oxygen atoms in total. The predicted octanol–water partition coefficient (Wildman–Crippen LogP) is 3.87. The average molecular weight is 388 g/mol. The molecule has 3 aromatic rings. The Labute approximate surface area is 155 Å². The fraction of sp³-hybridized carbons (Fsp3) is 0.105. The zero-order chi connectivity index (χ0) is 18.7. The molecule has 1 aromatic heterocycles.